The van der Waals surface area contributed by atoms with E-state index < -0.39 is 0 Å². The number of pyridine rings is 1. The van der Waals surface area contributed by atoms with Gasteiger partial charge in [-0.05, 0) is 41.3 Å². The number of hydrogen-bond acceptors (Lipinski definition) is 2. The quantitative estimate of drug-likeness (QED) is 0.799. The average Bonchev–Trinajstić information content (AvgIpc) is 2.53. The van der Waals surface area contributed by atoms with Crippen LogP contribution in [0.4, 0.5) is 4.39 Å². The molecule has 1 N–H and O–H groups in total. The van der Waals surface area contributed by atoms with Crippen molar-refractivity contribution in [3.63, 3.8) is 0 Å². The van der Waals surface area contributed by atoms with E-state index in [4.69, 9.17) is 0 Å². The Morgan fingerprint density at radius 1 is 1.05 bits per heavy atom. The van der Waals surface area contributed by atoms with Crippen molar-refractivity contribution in [1.82, 2.24) is 10.3 Å². The first kappa shape index (κ1) is 13.2. The zero-order valence-corrected chi connectivity index (χ0v) is 11.2. The first-order valence-electron chi connectivity index (χ1n) is 6.59. The molecule has 3 nitrogen and oxygen atoms in total. The van der Waals surface area contributed by atoms with Crippen LogP contribution in [-0.4, -0.2) is 10.9 Å². The normalized spacial score (nSPS) is 10.5. The second kappa shape index (κ2) is 5.71. The van der Waals surface area contributed by atoms with Crippen LogP contribution < -0.4 is 5.32 Å². The van der Waals surface area contributed by atoms with Crippen LogP contribution in [0, 0.1) is 5.82 Å². The third-order valence-corrected chi connectivity index (χ3v) is 3.27. The minimum Gasteiger partial charge on any atom is -0.348 e. The molecule has 1 aromatic heterocycles. The van der Waals surface area contributed by atoms with Gasteiger partial charge in [-0.2, -0.15) is 0 Å². The van der Waals surface area contributed by atoms with Gasteiger partial charge in [-0.3, -0.25) is 9.78 Å². The van der Waals surface area contributed by atoms with Gasteiger partial charge in [0, 0.05) is 29.9 Å². The van der Waals surface area contributed by atoms with E-state index in [1.165, 1.54) is 12.1 Å². The lowest BCUT2D eigenvalue weighted by Crippen LogP contribution is -2.22. The van der Waals surface area contributed by atoms with Gasteiger partial charge in [0.15, 0.2) is 0 Å². The Kier molecular flexibility index (Phi) is 3.60. The number of benzene rings is 2. The van der Waals surface area contributed by atoms with E-state index in [1.54, 1.807) is 30.6 Å². The van der Waals surface area contributed by atoms with Gasteiger partial charge in [0.1, 0.15) is 5.82 Å². The van der Waals surface area contributed by atoms with Gasteiger partial charge in [-0.25, -0.2) is 4.39 Å². The number of aromatic nitrogens is 1. The highest BCUT2D eigenvalue weighted by molar-refractivity contribution is 5.98. The number of nitrogens with zero attached hydrogens (tertiary/aromatic N) is 1. The second-order valence-electron chi connectivity index (χ2n) is 4.75. The predicted molar refractivity (Wildman–Crippen MR) is 79.3 cm³/mol. The Labute approximate surface area is 121 Å². The topological polar surface area (TPSA) is 42.0 Å². The molecule has 4 heteroatoms. The Hall–Kier alpha value is -2.75. The molecular weight excluding hydrogens is 267 g/mol. The molecule has 0 unspecified atom stereocenters. The summed E-state index contributed by atoms with van der Waals surface area (Å²) in [5.74, 6) is -0.439. The minimum atomic E-state index is -0.284. The summed E-state index contributed by atoms with van der Waals surface area (Å²) in [5, 5.41) is 4.79. The summed E-state index contributed by atoms with van der Waals surface area (Å²) in [6.07, 6.45) is 3.46. The molecule has 0 saturated heterocycles. The van der Waals surface area contributed by atoms with Gasteiger partial charge >= 0.3 is 0 Å². The van der Waals surface area contributed by atoms with Crippen molar-refractivity contribution in [2.75, 3.05) is 0 Å². The molecule has 0 spiro atoms. The van der Waals surface area contributed by atoms with Crippen molar-refractivity contribution in [1.29, 1.82) is 0 Å². The lowest BCUT2D eigenvalue weighted by molar-refractivity contribution is 0.0951. The summed E-state index contributed by atoms with van der Waals surface area (Å²) in [7, 11) is 0. The van der Waals surface area contributed by atoms with Gasteiger partial charge in [-0.15, -0.1) is 0 Å². The third-order valence-electron chi connectivity index (χ3n) is 3.27. The molecule has 0 saturated carbocycles. The van der Waals surface area contributed by atoms with Crippen LogP contribution in [0.1, 0.15) is 15.9 Å². The lowest BCUT2D eigenvalue weighted by Gasteiger charge is -2.06. The first-order valence-corrected chi connectivity index (χ1v) is 6.59. The number of halogens is 1. The fourth-order valence-electron chi connectivity index (χ4n) is 2.11. The molecule has 3 aromatic rings. The van der Waals surface area contributed by atoms with E-state index in [2.05, 4.69) is 10.3 Å². The van der Waals surface area contributed by atoms with Gasteiger partial charge in [-0.1, -0.05) is 18.2 Å². The SMILES string of the molecule is O=C(NCc1ccc(F)cc1)c1ccc2cnccc2c1. The molecule has 1 heterocycles. The molecule has 0 aliphatic carbocycles. The van der Waals surface area contributed by atoms with Crippen molar-refractivity contribution < 1.29 is 9.18 Å². The number of hydrogen-bond donors (Lipinski definition) is 1. The van der Waals surface area contributed by atoms with E-state index in [0.29, 0.717) is 12.1 Å². The molecule has 0 bridgehead atoms. The highest BCUT2D eigenvalue weighted by atomic mass is 19.1. The Bertz CT molecular complexity index is 784. The monoisotopic (exact) mass is 280 g/mol. The maximum atomic E-state index is 12.8. The number of fused-ring (bicyclic) bond motifs is 1. The van der Waals surface area contributed by atoms with Crippen LogP contribution in [0.15, 0.2) is 60.9 Å². The van der Waals surface area contributed by atoms with Crippen LogP contribution in [0.2, 0.25) is 0 Å². The van der Waals surface area contributed by atoms with Crippen LogP contribution in [0.25, 0.3) is 10.8 Å². The van der Waals surface area contributed by atoms with Crippen molar-refractivity contribution in [2.45, 2.75) is 6.54 Å². The van der Waals surface area contributed by atoms with Crippen molar-refractivity contribution >= 4 is 16.7 Å². The number of carbonyl (C=O) groups excluding carboxylic acids is 1. The van der Waals surface area contributed by atoms with Gasteiger partial charge < -0.3 is 5.32 Å². The van der Waals surface area contributed by atoms with Crippen LogP contribution >= 0.6 is 0 Å². The van der Waals surface area contributed by atoms with Crippen molar-refractivity contribution in [2.24, 2.45) is 0 Å². The maximum Gasteiger partial charge on any atom is 0.251 e. The smallest absolute Gasteiger partial charge is 0.251 e. The molecule has 0 aliphatic rings. The molecule has 0 atom stereocenters. The second-order valence-corrected chi connectivity index (χ2v) is 4.75. The Morgan fingerprint density at radius 2 is 1.86 bits per heavy atom. The Balaban J connectivity index is 1.73. The number of amides is 1. The predicted octanol–water partition coefficient (Wildman–Crippen LogP) is 3.30. The van der Waals surface area contributed by atoms with Crippen molar-refractivity contribution in [3.05, 3.63) is 77.9 Å². The molecule has 2 aromatic carbocycles. The number of nitrogens with one attached hydrogen (secondary N) is 1. The summed E-state index contributed by atoms with van der Waals surface area (Å²) in [5.41, 5.74) is 1.45. The van der Waals surface area contributed by atoms with E-state index in [1.807, 2.05) is 18.2 Å². The van der Waals surface area contributed by atoms with E-state index >= 15 is 0 Å². The number of rotatable bonds is 3. The maximum absolute atomic E-state index is 12.8. The highest BCUT2D eigenvalue weighted by Crippen LogP contribution is 2.14. The van der Waals surface area contributed by atoms with Gasteiger partial charge in [0.05, 0.1) is 0 Å². The lowest BCUT2D eigenvalue weighted by atomic mass is 10.1. The molecular formula is C17H13FN2O. The Morgan fingerprint density at radius 3 is 2.67 bits per heavy atom. The molecule has 0 radical (unpaired) electrons. The summed E-state index contributed by atoms with van der Waals surface area (Å²) in [4.78, 5) is 16.2. The zero-order valence-electron chi connectivity index (χ0n) is 11.2. The molecule has 0 aliphatic heterocycles. The van der Waals surface area contributed by atoms with E-state index in [9.17, 15) is 9.18 Å². The molecule has 104 valence electrons. The standard InChI is InChI=1S/C17H13FN2O/c18-16-5-1-12(2-6-16)10-20-17(21)14-3-4-15-11-19-8-7-13(15)9-14/h1-9,11H,10H2,(H,20,21). The highest BCUT2D eigenvalue weighted by Gasteiger charge is 2.06. The molecule has 3 rings (SSSR count). The van der Waals surface area contributed by atoms with Gasteiger partial charge in [0.25, 0.3) is 5.91 Å². The average molecular weight is 280 g/mol. The molecule has 0 fully saturated rings. The largest absolute Gasteiger partial charge is 0.348 e. The fraction of sp³-hybridized carbons (Fsp3) is 0.0588. The van der Waals surface area contributed by atoms with Crippen LogP contribution in [-0.2, 0) is 6.54 Å². The fourth-order valence-corrected chi connectivity index (χ4v) is 2.11. The zero-order chi connectivity index (χ0) is 14.7. The molecule has 21 heavy (non-hydrogen) atoms. The molecule has 1 amide bonds. The van der Waals surface area contributed by atoms with Crippen LogP contribution in [0.3, 0.4) is 0 Å². The van der Waals surface area contributed by atoms with Crippen LogP contribution in [0.5, 0.6) is 0 Å². The van der Waals surface area contributed by atoms with Gasteiger partial charge in [0.2, 0.25) is 0 Å². The summed E-state index contributed by atoms with van der Waals surface area (Å²) >= 11 is 0. The minimum absolute atomic E-state index is 0.155. The number of carbonyl (C=O) groups is 1. The third kappa shape index (κ3) is 3.05. The van der Waals surface area contributed by atoms with Crippen molar-refractivity contribution in [3.8, 4) is 0 Å². The van der Waals surface area contributed by atoms with E-state index in [-0.39, 0.29) is 11.7 Å². The summed E-state index contributed by atoms with van der Waals surface area (Å²) < 4.78 is 12.8. The van der Waals surface area contributed by atoms with E-state index in [0.717, 1.165) is 16.3 Å². The summed E-state index contributed by atoms with van der Waals surface area (Å²) in [6.45, 7) is 0.369. The first-order chi connectivity index (χ1) is 10.2. The summed E-state index contributed by atoms with van der Waals surface area (Å²) in [6, 6.07) is 13.4.